The maximum atomic E-state index is 12.6. The molecule has 0 spiro atoms. The highest BCUT2D eigenvalue weighted by Crippen LogP contribution is 2.29. The minimum atomic E-state index is -4.39. The lowest BCUT2D eigenvalue weighted by Gasteiger charge is -2.35. The number of hydrogen-bond acceptors (Lipinski definition) is 6. The van der Waals surface area contributed by atoms with Crippen molar-refractivity contribution in [2.75, 3.05) is 44.2 Å². The van der Waals surface area contributed by atoms with Gasteiger partial charge in [0.15, 0.2) is 0 Å². The summed E-state index contributed by atoms with van der Waals surface area (Å²) in [6.07, 6.45) is -3.53. The van der Waals surface area contributed by atoms with Crippen molar-refractivity contribution in [2.45, 2.75) is 6.18 Å². The first kappa shape index (κ1) is 19.9. The van der Waals surface area contributed by atoms with E-state index in [1.54, 1.807) is 12.1 Å². The van der Waals surface area contributed by atoms with Gasteiger partial charge in [-0.05, 0) is 18.2 Å². The molecule has 7 nitrogen and oxygen atoms in total. The number of pyridine rings is 1. The molecular weight excluding hydrogens is 377 g/mol. The van der Waals surface area contributed by atoms with Crippen LogP contribution in [0.15, 0.2) is 42.6 Å². The fourth-order valence-corrected chi connectivity index (χ4v) is 2.92. The van der Waals surface area contributed by atoms with Gasteiger partial charge in [0.2, 0.25) is 0 Å². The Morgan fingerprint density at radius 2 is 1.89 bits per heavy atom. The molecule has 0 aliphatic carbocycles. The fourth-order valence-electron chi connectivity index (χ4n) is 2.92. The van der Waals surface area contributed by atoms with Crippen LogP contribution in [0.2, 0.25) is 0 Å². The number of alkyl halides is 3. The third kappa shape index (κ3) is 5.10. The van der Waals surface area contributed by atoms with Gasteiger partial charge in [0, 0.05) is 45.0 Å². The predicted octanol–water partition coefficient (Wildman–Crippen LogP) is 3.21. The lowest BCUT2D eigenvalue weighted by molar-refractivity contribution is -0.384. The molecule has 2 aromatic rings. The molecule has 1 fully saturated rings. The third-order valence-corrected chi connectivity index (χ3v) is 4.48. The topological polar surface area (TPSA) is 71.7 Å². The minimum absolute atomic E-state index is 0.0184. The van der Waals surface area contributed by atoms with E-state index in [-0.39, 0.29) is 5.69 Å². The van der Waals surface area contributed by atoms with Gasteiger partial charge in [-0.25, -0.2) is 4.98 Å². The summed E-state index contributed by atoms with van der Waals surface area (Å²) in [6, 6.07) is 8.46. The Morgan fingerprint density at radius 1 is 1.14 bits per heavy atom. The van der Waals surface area contributed by atoms with Crippen LogP contribution in [0.5, 0.6) is 5.75 Å². The Balaban J connectivity index is 1.44. The van der Waals surface area contributed by atoms with Crippen LogP contribution in [-0.2, 0) is 6.18 Å². The van der Waals surface area contributed by atoms with Gasteiger partial charge in [0.25, 0.3) is 5.69 Å². The van der Waals surface area contributed by atoms with Gasteiger partial charge in [-0.2, -0.15) is 13.2 Å². The number of nitrogens with zero attached hydrogens (tertiary/aromatic N) is 4. The second-order valence-corrected chi connectivity index (χ2v) is 6.33. The number of hydrogen-bond donors (Lipinski definition) is 0. The fraction of sp³-hybridized carbons (Fsp3) is 0.389. The van der Waals surface area contributed by atoms with E-state index in [1.807, 2.05) is 4.90 Å². The maximum Gasteiger partial charge on any atom is 0.417 e. The number of nitro benzene ring substituents is 1. The first-order valence-electron chi connectivity index (χ1n) is 8.71. The normalized spacial score (nSPS) is 15.5. The summed E-state index contributed by atoms with van der Waals surface area (Å²) in [5.41, 5.74) is -0.775. The highest BCUT2D eigenvalue weighted by molar-refractivity contribution is 5.40. The monoisotopic (exact) mass is 396 g/mol. The molecule has 1 saturated heterocycles. The second-order valence-electron chi connectivity index (χ2n) is 6.33. The Morgan fingerprint density at radius 3 is 2.50 bits per heavy atom. The molecular formula is C18H19F3N4O3. The summed E-state index contributed by atoms with van der Waals surface area (Å²) >= 11 is 0. The van der Waals surface area contributed by atoms with Crippen molar-refractivity contribution in [2.24, 2.45) is 0 Å². The molecule has 1 aromatic carbocycles. The Bertz CT molecular complexity index is 806. The maximum absolute atomic E-state index is 12.6. The van der Waals surface area contributed by atoms with Crippen molar-refractivity contribution >= 4 is 11.5 Å². The van der Waals surface area contributed by atoms with E-state index in [4.69, 9.17) is 4.74 Å². The Hall–Kier alpha value is -2.88. The van der Waals surface area contributed by atoms with Crippen LogP contribution in [-0.4, -0.2) is 54.1 Å². The van der Waals surface area contributed by atoms with Crippen LogP contribution in [0, 0.1) is 10.1 Å². The third-order valence-electron chi connectivity index (χ3n) is 4.48. The molecule has 0 N–H and O–H groups in total. The molecule has 0 bridgehead atoms. The van der Waals surface area contributed by atoms with Crippen molar-refractivity contribution in [1.29, 1.82) is 0 Å². The molecule has 28 heavy (non-hydrogen) atoms. The van der Waals surface area contributed by atoms with E-state index in [2.05, 4.69) is 9.88 Å². The van der Waals surface area contributed by atoms with E-state index in [0.717, 1.165) is 25.4 Å². The molecule has 0 unspecified atom stereocenters. The van der Waals surface area contributed by atoms with Gasteiger partial charge < -0.3 is 9.64 Å². The molecule has 2 heterocycles. The van der Waals surface area contributed by atoms with Crippen LogP contribution in [0.4, 0.5) is 24.7 Å². The smallest absolute Gasteiger partial charge is 0.417 e. The summed E-state index contributed by atoms with van der Waals surface area (Å²) in [7, 11) is 0. The van der Waals surface area contributed by atoms with Gasteiger partial charge in [-0.15, -0.1) is 0 Å². The first-order chi connectivity index (χ1) is 13.3. The van der Waals surface area contributed by atoms with Crippen molar-refractivity contribution < 1.29 is 22.8 Å². The zero-order valence-corrected chi connectivity index (χ0v) is 14.9. The van der Waals surface area contributed by atoms with Crippen LogP contribution in [0.1, 0.15) is 5.56 Å². The van der Waals surface area contributed by atoms with E-state index in [9.17, 15) is 23.3 Å². The minimum Gasteiger partial charge on any atom is -0.492 e. The number of benzene rings is 1. The zero-order valence-electron chi connectivity index (χ0n) is 14.9. The molecule has 0 radical (unpaired) electrons. The number of ether oxygens (including phenoxy) is 1. The molecule has 1 aliphatic rings. The van der Waals surface area contributed by atoms with E-state index in [0.29, 0.717) is 37.8 Å². The Kier molecular flexibility index (Phi) is 5.98. The quantitative estimate of drug-likeness (QED) is 0.552. The molecule has 0 amide bonds. The van der Waals surface area contributed by atoms with Gasteiger partial charge in [-0.3, -0.25) is 15.0 Å². The number of aromatic nitrogens is 1. The summed E-state index contributed by atoms with van der Waals surface area (Å²) in [6.45, 7) is 3.78. The molecule has 1 aliphatic heterocycles. The highest BCUT2D eigenvalue weighted by Gasteiger charge is 2.31. The van der Waals surface area contributed by atoms with Crippen molar-refractivity contribution in [3.8, 4) is 5.75 Å². The lowest BCUT2D eigenvalue weighted by atomic mass is 10.2. The van der Waals surface area contributed by atoms with Crippen molar-refractivity contribution in [3.05, 3.63) is 58.3 Å². The van der Waals surface area contributed by atoms with E-state index in [1.165, 1.54) is 18.2 Å². The van der Waals surface area contributed by atoms with Gasteiger partial charge in [-0.1, -0.05) is 6.07 Å². The second kappa shape index (κ2) is 8.42. The van der Waals surface area contributed by atoms with Crippen molar-refractivity contribution in [3.63, 3.8) is 0 Å². The van der Waals surface area contributed by atoms with Crippen LogP contribution < -0.4 is 9.64 Å². The largest absolute Gasteiger partial charge is 0.492 e. The molecule has 3 rings (SSSR count). The number of halogens is 3. The molecule has 0 saturated carbocycles. The van der Waals surface area contributed by atoms with E-state index >= 15 is 0 Å². The molecule has 1 aromatic heterocycles. The van der Waals surface area contributed by atoms with Crippen LogP contribution in [0.25, 0.3) is 0 Å². The summed E-state index contributed by atoms with van der Waals surface area (Å²) in [5.74, 6) is 0.974. The summed E-state index contributed by atoms with van der Waals surface area (Å²) in [5, 5.41) is 10.8. The summed E-state index contributed by atoms with van der Waals surface area (Å²) < 4.78 is 43.4. The van der Waals surface area contributed by atoms with E-state index < -0.39 is 16.7 Å². The molecule has 0 atom stereocenters. The average Bonchev–Trinajstić information content (AvgIpc) is 2.68. The van der Waals surface area contributed by atoms with Gasteiger partial charge >= 0.3 is 6.18 Å². The SMILES string of the molecule is O=[N+]([O-])c1cccc(OCCN2CCN(c3ccc(C(F)(F)F)cn3)CC2)c1. The standard InChI is InChI=1S/C18H19F3N4O3/c19-18(20,21)14-4-5-17(22-13-14)24-8-6-23(7-9-24)10-11-28-16-3-1-2-15(12-16)25(26)27/h1-5,12-13H,6-11H2. The number of nitro groups is 1. The highest BCUT2D eigenvalue weighted by atomic mass is 19.4. The lowest BCUT2D eigenvalue weighted by Crippen LogP contribution is -2.47. The number of piperazine rings is 1. The molecule has 10 heteroatoms. The number of anilines is 1. The van der Waals surface area contributed by atoms with Gasteiger partial charge in [0.05, 0.1) is 16.6 Å². The predicted molar refractivity (Wildman–Crippen MR) is 96.5 cm³/mol. The van der Waals surface area contributed by atoms with Crippen LogP contribution in [0.3, 0.4) is 0 Å². The van der Waals surface area contributed by atoms with Gasteiger partial charge in [0.1, 0.15) is 18.2 Å². The molecule has 150 valence electrons. The number of rotatable bonds is 6. The van der Waals surface area contributed by atoms with Crippen LogP contribution >= 0.6 is 0 Å². The average molecular weight is 396 g/mol. The van der Waals surface area contributed by atoms with Crippen molar-refractivity contribution in [1.82, 2.24) is 9.88 Å². The Labute approximate surface area is 159 Å². The number of non-ortho nitro benzene ring substituents is 1. The summed E-state index contributed by atoms with van der Waals surface area (Å²) in [4.78, 5) is 18.3. The first-order valence-corrected chi connectivity index (χ1v) is 8.71. The zero-order chi connectivity index (χ0) is 20.1.